The molecule has 10 heteroatoms. The zero-order chi connectivity index (χ0) is 22.7. The summed E-state index contributed by atoms with van der Waals surface area (Å²) in [4.78, 5) is 28.4. The van der Waals surface area contributed by atoms with Crippen LogP contribution >= 0.6 is 0 Å². The number of anilines is 2. The number of nitriles is 1. The minimum atomic E-state index is -0.394. The highest BCUT2D eigenvalue weighted by Gasteiger charge is 2.18. The van der Waals surface area contributed by atoms with Crippen molar-refractivity contribution in [3.8, 4) is 17.5 Å². The van der Waals surface area contributed by atoms with E-state index in [1.54, 1.807) is 30.3 Å². The Morgan fingerprint density at radius 2 is 2.00 bits per heavy atom. The Morgan fingerprint density at radius 3 is 2.72 bits per heavy atom. The summed E-state index contributed by atoms with van der Waals surface area (Å²) >= 11 is 0. The minimum Gasteiger partial charge on any atom is -0.349 e. The highest BCUT2D eigenvalue weighted by molar-refractivity contribution is 6.09. The molecule has 4 aromatic rings. The third-order valence-electron chi connectivity index (χ3n) is 5.20. The monoisotopic (exact) mass is 428 g/mol. The molecule has 2 amide bonds. The quantitative estimate of drug-likeness (QED) is 0.369. The number of carbonyl (C=O) groups excluding carboxylic acids is 2. The zero-order valence-corrected chi connectivity index (χ0v) is 17.4. The number of nitrogens with one attached hydrogen (secondary N) is 4. The third-order valence-corrected chi connectivity index (χ3v) is 5.20. The number of aromatic amines is 2. The molecule has 2 aromatic carbocycles. The second kappa shape index (κ2) is 8.69. The molecule has 0 bridgehead atoms. The van der Waals surface area contributed by atoms with Gasteiger partial charge in [-0.25, -0.2) is 0 Å². The van der Waals surface area contributed by atoms with E-state index >= 15 is 0 Å². The van der Waals surface area contributed by atoms with Crippen LogP contribution in [0.4, 0.5) is 11.4 Å². The van der Waals surface area contributed by atoms with Crippen LogP contribution in [0.3, 0.4) is 0 Å². The van der Waals surface area contributed by atoms with Crippen LogP contribution in [-0.4, -0.2) is 37.4 Å². The van der Waals surface area contributed by atoms with Gasteiger partial charge in [-0.1, -0.05) is 26.0 Å². The number of amides is 2. The van der Waals surface area contributed by atoms with E-state index in [1.807, 2.05) is 26.0 Å². The predicted octanol–water partition coefficient (Wildman–Crippen LogP) is 3.46. The molecular weight excluding hydrogens is 408 g/mol. The lowest BCUT2D eigenvalue weighted by Crippen LogP contribution is -2.19. The Bertz CT molecular complexity index is 1330. The maximum atomic E-state index is 13.0. The van der Waals surface area contributed by atoms with Crippen LogP contribution in [0.1, 0.15) is 36.3 Å². The molecule has 160 valence electrons. The minimum absolute atomic E-state index is 0.0806. The van der Waals surface area contributed by atoms with E-state index in [9.17, 15) is 14.9 Å². The number of H-pyrrole nitrogens is 2. The van der Waals surface area contributed by atoms with E-state index in [2.05, 4.69) is 42.3 Å². The molecule has 0 saturated heterocycles. The molecule has 0 fully saturated rings. The second-order valence-electron chi connectivity index (χ2n) is 7.31. The molecule has 0 aliphatic carbocycles. The van der Waals surface area contributed by atoms with Crippen molar-refractivity contribution in [2.75, 3.05) is 10.6 Å². The van der Waals surface area contributed by atoms with Crippen molar-refractivity contribution in [1.82, 2.24) is 25.6 Å². The lowest BCUT2D eigenvalue weighted by molar-refractivity contribution is -0.119. The standard InChI is InChI=1S/C22H20N8O2/c1-3-12(2)21(31)26-17-6-4-5-14-10-18(24-19(14)17)22(32)25-16-8-7-13(11-23)9-15(16)20-27-29-30-28-20/h4-10,12,24H,3H2,1-2H3,(H,25,32)(H,26,31)(H,27,28,29,30). The van der Waals surface area contributed by atoms with Gasteiger partial charge in [0, 0.05) is 16.9 Å². The van der Waals surface area contributed by atoms with E-state index < -0.39 is 5.91 Å². The number of hydrogen-bond donors (Lipinski definition) is 4. The van der Waals surface area contributed by atoms with Crippen LogP contribution < -0.4 is 10.6 Å². The smallest absolute Gasteiger partial charge is 0.272 e. The van der Waals surface area contributed by atoms with Crippen molar-refractivity contribution < 1.29 is 9.59 Å². The van der Waals surface area contributed by atoms with Gasteiger partial charge in [-0.2, -0.15) is 10.5 Å². The molecule has 32 heavy (non-hydrogen) atoms. The van der Waals surface area contributed by atoms with Crippen LogP contribution in [0.5, 0.6) is 0 Å². The number of rotatable bonds is 6. The van der Waals surface area contributed by atoms with Gasteiger partial charge < -0.3 is 15.6 Å². The van der Waals surface area contributed by atoms with Crippen molar-refractivity contribution in [3.63, 3.8) is 0 Å². The van der Waals surface area contributed by atoms with Gasteiger partial charge in [0.05, 0.1) is 28.5 Å². The fourth-order valence-corrected chi connectivity index (χ4v) is 3.20. The Hall–Kier alpha value is -4.52. The maximum absolute atomic E-state index is 13.0. The van der Waals surface area contributed by atoms with Crippen LogP contribution in [-0.2, 0) is 4.79 Å². The van der Waals surface area contributed by atoms with Gasteiger partial charge in [0.15, 0.2) is 0 Å². The fraction of sp³-hybridized carbons (Fsp3) is 0.182. The third kappa shape index (κ3) is 4.04. The van der Waals surface area contributed by atoms with E-state index in [4.69, 9.17) is 0 Å². The first-order valence-corrected chi connectivity index (χ1v) is 10.0. The second-order valence-corrected chi connectivity index (χ2v) is 7.31. The molecule has 2 heterocycles. The zero-order valence-electron chi connectivity index (χ0n) is 17.4. The van der Waals surface area contributed by atoms with Gasteiger partial charge in [0.2, 0.25) is 11.7 Å². The van der Waals surface area contributed by atoms with Gasteiger partial charge >= 0.3 is 0 Å². The normalized spacial score (nSPS) is 11.7. The van der Waals surface area contributed by atoms with Crippen LogP contribution in [0.2, 0.25) is 0 Å². The number of nitrogens with zero attached hydrogens (tertiary/aromatic N) is 4. The molecule has 0 radical (unpaired) electrons. The SMILES string of the molecule is CCC(C)C(=O)Nc1cccc2cc(C(=O)Nc3ccc(C#N)cc3-c3nn[nH]n3)[nH]c12. The number of carbonyl (C=O) groups is 2. The largest absolute Gasteiger partial charge is 0.349 e. The summed E-state index contributed by atoms with van der Waals surface area (Å²) in [6.45, 7) is 3.82. The Balaban J connectivity index is 1.64. The van der Waals surface area contributed by atoms with Crippen LogP contribution in [0.25, 0.3) is 22.3 Å². The molecule has 0 aliphatic rings. The average molecular weight is 428 g/mol. The van der Waals surface area contributed by atoms with Gasteiger partial charge in [0.1, 0.15) is 5.69 Å². The summed E-state index contributed by atoms with van der Waals surface area (Å²) in [6.07, 6.45) is 0.730. The van der Waals surface area contributed by atoms with Crippen LogP contribution in [0.15, 0.2) is 42.5 Å². The van der Waals surface area contributed by atoms with E-state index in [0.29, 0.717) is 33.7 Å². The van der Waals surface area contributed by atoms with E-state index in [1.165, 1.54) is 0 Å². The van der Waals surface area contributed by atoms with Crippen molar-refractivity contribution in [2.45, 2.75) is 20.3 Å². The van der Waals surface area contributed by atoms with Gasteiger partial charge in [-0.15, -0.1) is 10.2 Å². The highest BCUT2D eigenvalue weighted by atomic mass is 16.2. The number of para-hydroxylation sites is 1. The summed E-state index contributed by atoms with van der Waals surface area (Å²) in [5, 5.41) is 29.5. The number of tetrazole rings is 1. The molecule has 0 aliphatic heterocycles. The van der Waals surface area contributed by atoms with Gasteiger partial charge in [0.25, 0.3) is 5.91 Å². The molecule has 1 unspecified atom stereocenters. The van der Waals surface area contributed by atoms with Crippen molar-refractivity contribution >= 4 is 34.1 Å². The number of fused-ring (bicyclic) bond motifs is 1. The van der Waals surface area contributed by atoms with E-state index in [0.717, 1.165) is 11.8 Å². The van der Waals surface area contributed by atoms with Crippen molar-refractivity contribution in [3.05, 3.63) is 53.7 Å². The highest BCUT2D eigenvalue weighted by Crippen LogP contribution is 2.28. The molecule has 10 nitrogen and oxygen atoms in total. The number of hydrogen-bond acceptors (Lipinski definition) is 6. The maximum Gasteiger partial charge on any atom is 0.272 e. The Morgan fingerprint density at radius 1 is 1.16 bits per heavy atom. The summed E-state index contributed by atoms with van der Waals surface area (Å²) in [5.74, 6) is -0.343. The lowest BCUT2D eigenvalue weighted by atomic mass is 10.1. The summed E-state index contributed by atoms with van der Waals surface area (Å²) in [7, 11) is 0. The molecule has 1 atom stereocenters. The first kappa shape index (κ1) is 20.7. The average Bonchev–Trinajstić information content (AvgIpc) is 3.49. The fourth-order valence-electron chi connectivity index (χ4n) is 3.20. The summed E-state index contributed by atoms with van der Waals surface area (Å²) in [6, 6.07) is 14.0. The molecule has 0 saturated carbocycles. The first-order chi connectivity index (χ1) is 15.5. The summed E-state index contributed by atoms with van der Waals surface area (Å²) < 4.78 is 0. The topological polar surface area (TPSA) is 152 Å². The summed E-state index contributed by atoms with van der Waals surface area (Å²) in [5.41, 5.74) is 2.87. The van der Waals surface area contributed by atoms with Crippen molar-refractivity contribution in [1.29, 1.82) is 5.26 Å². The number of aromatic nitrogens is 5. The predicted molar refractivity (Wildman–Crippen MR) is 119 cm³/mol. The first-order valence-electron chi connectivity index (χ1n) is 10.0. The van der Waals surface area contributed by atoms with Crippen LogP contribution in [0, 0.1) is 17.2 Å². The lowest BCUT2D eigenvalue weighted by Gasteiger charge is -2.10. The number of benzene rings is 2. The molecule has 4 N–H and O–H groups in total. The molecule has 2 aromatic heterocycles. The Labute approximate surface area is 183 Å². The van der Waals surface area contributed by atoms with Gasteiger partial charge in [-0.3, -0.25) is 9.59 Å². The molecule has 4 rings (SSSR count). The molecular formula is C22H20N8O2. The Kier molecular flexibility index (Phi) is 5.63. The molecule has 0 spiro atoms. The van der Waals surface area contributed by atoms with E-state index in [-0.39, 0.29) is 17.6 Å². The van der Waals surface area contributed by atoms with Gasteiger partial charge in [-0.05, 0) is 42.0 Å². The van der Waals surface area contributed by atoms with Crippen molar-refractivity contribution in [2.24, 2.45) is 5.92 Å².